The zero-order valence-corrected chi connectivity index (χ0v) is 22.9. The molecule has 3 N–H and O–H groups in total. The Balaban J connectivity index is 1.54. The fourth-order valence-electron chi connectivity index (χ4n) is 4.36. The Bertz CT molecular complexity index is 1270. The van der Waals surface area contributed by atoms with Gasteiger partial charge in [-0.25, -0.2) is 4.79 Å². The predicted molar refractivity (Wildman–Crippen MR) is 154 cm³/mol. The van der Waals surface area contributed by atoms with Crippen molar-refractivity contribution < 1.29 is 14.4 Å². The van der Waals surface area contributed by atoms with Gasteiger partial charge in [-0.05, 0) is 67.6 Å². The molecule has 0 saturated carbocycles. The van der Waals surface area contributed by atoms with Gasteiger partial charge in [0.2, 0.25) is 0 Å². The summed E-state index contributed by atoms with van der Waals surface area (Å²) < 4.78 is 0. The molecule has 200 valence electrons. The van der Waals surface area contributed by atoms with Crippen LogP contribution in [-0.2, 0) is 6.42 Å². The molecule has 8 nitrogen and oxygen atoms in total. The van der Waals surface area contributed by atoms with Gasteiger partial charge in [-0.3, -0.25) is 9.59 Å². The summed E-state index contributed by atoms with van der Waals surface area (Å²) >= 11 is 7.76. The Hall–Kier alpha value is -3.56. The summed E-state index contributed by atoms with van der Waals surface area (Å²) in [6, 6.07) is 16.1. The van der Waals surface area contributed by atoms with Gasteiger partial charge in [0, 0.05) is 60.3 Å². The maximum atomic E-state index is 13.1. The summed E-state index contributed by atoms with van der Waals surface area (Å²) in [7, 11) is 0. The summed E-state index contributed by atoms with van der Waals surface area (Å²) in [5.74, 6) is -0.521. The van der Waals surface area contributed by atoms with Crippen molar-refractivity contribution in [3.05, 3.63) is 81.0 Å². The van der Waals surface area contributed by atoms with Crippen molar-refractivity contribution in [2.45, 2.75) is 19.8 Å². The monoisotopic (exact) mass is 553 g/mol. The molecule has 0 radical (unpaired) electrons. The molecule has 2 heterocycles. The van der Waals surface area contributed by atoms with E-state index in [0.29, 0.717) is 61.1 Å². The quantitative estimate of drug-likeness (QED) is 0.371. The van der Waals surface area contributed by atoms with Gasteiger partial charge in [-0.2, -0.15) is 0 Å². The maximum absolute atomic E-state index is 13.1. The van der Waals surface area contributed by atoms with Gasteiger partial charge in [0.05, 0.1) is 11.4 Å². The Morgan fingerprint density at radius 1 is 0.921 bits per heavy atom. The maximum Gasteiger partial charge on any atom is 0.317 e. The second kappa shape index (κ2) is 13.3. The van der Waals surface area contributed by atoms with E-state index in [0.717, 1.165) is 18.5 Å². The van der Waals surface area contributed by atoms with E-state index in [-0.39, 0.29) is 17.8 Å². The van der Waals surface area contributed by atoms with Crippen LogP contribution in [-0.4, -0.2) is 62.0 Å². The summed E-state index contributed by atoms with van der Waals surface area (Å²) in [6.45, 7) is 5.51. The molecule has 4 amide bonds. The third-order valence-electron chi connectivity index (χ3n) is 6.28. The third-order valence-corrected chi connectivity index (χ3v) is 7.45. The van der Waals surface area contributed by atoms with Crippen molar-refractivity contribution in [3.63, 3.8) is 0 Å². The van der Waals surface area contributed by atoms with Crippen LogP contribution in [0.2, 0.25) is 5.02 Å². The van der Waals surface area contributed by atoms with Gasteiger partial charge in [-0.1, -0.05) is 23.7 Å². The average Bonchev–Trinajstić information content (AvgIpc) is 3.31. The molecular weight excluding hydrogens is 522 g/mol. The number of nitrogens with one attached hydrogen (secondary N) is 3. The van der Waals surface area contributed by atoms with Crippen molar-refractivity contribution in [1.82, 2.24) is 15.5 Å². The predicted octanol–water partition coefficient (Wildman–Crippen LogP) is 4.87. The molecule has 3 aromatic rings. The van der Waals surface area contributed by atoms with Gasteiger partial charge in [0.1, 0.15) is 0 Å². The number of anilines is 2. The molecule has 0 atom stereocenters. The Morgan fingerprint density at radius 3 is 2.53 bits per heavy atom. The molecule has 4 rings (SSSR count). The van der Waals surface area contributed by atoms with Crippen molar-refractivity contribution in [3.8, 4) is 0 Å². The van der Waals surface area contributed by atoms with Crippen LogP contribution in [0, 0.1) is 0 Å². The normalized spacial score (nSPS) is 13.5. The number of halogens is 1. The minimum absolute atomic E-state index is 0.0709. The van der Waals surface area contributed by atoms with Gasteiger partial charge in [-0.15, -0.1) is 11.3 Å². The van der Waals surface area contributed by atoms with Gasteiger partial charge in [0.15, 0.2) is 0 Å². The van der Waals surface area contributed by atoms with E-state index >= 15 is 0 Å². The van der Waals surface area contributed by atoms with Crippen LogP contribution in [0.3, 0.4) is 0 Å². The summed E-state index contributed by atoms with van der Waals surface area (Å²) in [5, 5.41) is 11.3. The fourth-order valence-corrected chi connectivity index (χ4v) is 5.26. The highest BCUT2D eigenvalue weighted by Gasteiger charge is 2.22. The lowest BCUT2D eigenvalue weighted by atomic mass is 10.1. The number of amides is 4. The first kappa shape index (κ1) is 27.5. The highest BCUT2D eigenvalue weighted by molar-refractivity contribution is 7.09. The molecule has 0 spiro atoms. The highest BCUT2D eigenvalue weighted by Crippen LogP contribution is 2.29. The number of carbonyl (C=O) groups is 3. The zero-order chi connectivity index (χ0) is 26.9. The van der Waals surface area contributed by atoms with E-state index in [4.69, 9.17) is 11.6 Å². The van der Waals surface area contributed by atoms with Gasteiger partial charge in [0.25, 0.3) is 11.8 Å². The van der Waals surface area contributed by atoms with E-state index in [2.05, 4.69) is 20.9 Å². The number of nitrogens with zero attached hydrogens (tertiary/aromatic N) is 2. The number of hydrogen-bond donors (Lipinski definition) is 3. The van der Waals surface area contributed by atoms with E-state index in [1.165, 1.54) is 4.88 Å². The molecular formula is C28H32ClN5O3S. The van der Waals surface area contributed by atoms with Crippen LogP contribution >= 0.6 is 22.9 Å². The molecule has 1 fully saturated rings. The molecule has 38 heavy (non-hydrogen) atoms. The average molecular weight is 554 g/mol. The van der Waals surface area contributed by atoms with Crippen LogP contribution in [0.5, 0.6) is 0 Å². The van der Waals surface area contributed by atoms with E-state index < -0.39 is 0 Å². The number of thiophene rings is 1. The third kappa shape index (κ3) is 7.26. The Labute approximate surface area is 232 Å². The molecule has 0 aliphatic carbocycles. The highest BCUT2D eigenvalue weighted by atomic mass is 35.5. The minimum Gasteiger partial charge on any atom is -0.368 e. The van der Waals surface area contributed by atoms with E-state index in [1.54, 1.807) is 47.7 Å². The second-order valence-corrected chi connectivity index (χ2v) is 10.4. The van der Waals surface area contributed by atoms with Crippen LogP contribution in [0.15, 0.2) is 60.0 Å². The largest absolute Gasteiger partial charge is 0.368 e. The van der Waals surface area contributed by atoms with Crippen LogP contribution in [0.4, 0.5) is 16.2 Å². The number of hydrogen-bond acceptors (Lipinski definition) is 5. The molecule has 1 aliphatic heterocycles. The smallest absolute Gasteiger partial charge is 0.317 e. The van der Waals surface area contributed by atoms with Crippen molar-refractivity contribution >= 4 is 52.2 Å². The van der Waals surface area contributed by atoms with Crippen LogP contribution in [0.25, 0.3) is 0 Å². The molecule has 0 bridgehead atoms. The molecule has 0 unspecified atom stereocenters. The Kier molecular flexibility index (Phi) is 9.62. The van der Waals surface area contributed by atoms with Crippen molar-refractivity contribution in [1.29, 1.82) is 0 Å². The first-order chi connectivity index (χ1) is 18.4. The molecule has 1 aliphatic rings. The SMILES string of the molecule is CCNC(=O)N1CCCN(c2ccc(C(=O)NCCc3cccs3)cc2NC(=O)c2cccc(Cl)c2)CC1. The lowest BCUT2D eigenvalue weighted by molar-refractivity contribution is 0.0952. The fraction of sp³-hybridized carbons (Fsp3) is 0.321. The standard InChI is InChI=1S/C28H32ClN5O3S/c1-2-30-28(37)34-14-5-13-33(15-16-34)25-10-9-21(26(35)31-12-11-23-8-4-17-38-23)19-24(25)32-27(36)20-6-3-7-22(29)18-20/h3-4,6-10,17-19H,2,5,11-16H2,1H3,(H,30,37)(H,31,35)(H,32,36). The van der Waals surface area contributed by atoms with Crippen LogP contribution in [0.1, 0.15) is 38.9 Å². The molecule has 1 saturated heterocycles. The zero-order valence-electron chi connectivity index (χ0n) is 21.3. The molecule has 10 heteroatoms. The van der Waals surface area contributed by atoms with Crippen molar-refractivity contribution in [2.24, 2.45) is 0 Å². The molecule has 1 aromatic heterocycles. The van der Waals surface area contributed by atoms with E-state index in [1.807, 2.05) is 35.4 Å². The summed E-state index contributed by atoms with van der Waals surface area (Å²) in [6.07, 6.45) is 1.54. The summed E-state index contributed by atoms with van der Waals surface area (Å²) in [5.41, 5.74) is 2.22. The van der Waals surface area contributed by atoms with Crippen LogP contribution < -0.4 is 20.9 Å². The number of urea groups is 1. The van der Waals surface area contributed by atoms with Gasteiger partial charge < -0.3 is 25.8 Å². The number of benzene rings is 2. The number of carbonyl (C=O) groups excluding carboxylic acids is 3. The number of rotatable bonds is 8. The second-order valence-electron chi connectivity index (χ2n) is 8.94. The topological polar surface area (TPSA) is 93.8 Å². The van der Waals surface area contributed by atoms with Crippen molar-refractivity contribution in [2.75, 3.05) is 49.5 Å². The lowest BCUT2D eigenvalue weighted by Crippen LogP contribution is -2.42. The summed E-state index contributed by atoms with van der Waals surface area (Å²) in [4.78, 5) is 43.6. The first-order valence-electron chi connectivity index (χ1n) is 12.7. The van der Waals surface area contributed by atoms with Gasteiger partial charge >= 0.3 is 6.03 Å². The Morgan fingerprint density at radius 2 is 1.76 bits per heavy atom. The lowest BCUT2D eigenvalue weighted by Gasteiger charge is -2.26. The first-order valence-corrected chi connectivity index (χ1v) is 14.0. The van der Waals surface area contributed by atoms with E-state index in [9.17, 15) is 14.4 Å². The molecule has 2 aromatic carbocycles. The minimum atomic E-state index is -0.317.